The highest BCUT2D eigenvalue weighted by molar-refractivity contribution is 5.93. The van der Waals surface area contributed by atoms with Crippen LogP contribution < -0.4 is 0 Å². The van der Waals surface area contributed by atoms with E-state index >= 15 is 0 Å². The first-order chi connectivity index (χ1) is 11.8. The molecule has 0 aliphatic carbocycles. The average molecular weight is 338 g/mol. The summed E-state index contributed by atoms with van der Waals surface area (Å²) in [7, 11) is 4.08. The average Bonchev–Trinajstić information content (AvgIpc) is 2.52. The Labute approximate surface area is 153 Å². The lowest BCUT2D eigenvalue weighted by Gasteiger charge is -2.20. The van der Waals surface area contributed by atoms with Crippen LogP contribution in [0.5, 0.6) is 0 Å². The normalized spacial score (nSPS) is 14.1. The van der Waals surface area contributed by atoms with Crippen molar-refractivity contribution in [2.45, 2.75) is 40.7 Å². The smallest absolute Gasteiger partial charge is 0.0937 e. The molecule has 3 heteroatoms. The zero-order valence-corrected chi connectivity index (χ0v) is 16.7. The monoisotopic (exact) mass is 337 g/mol. The highest BCUT2D eigenvalue weighted by Crippen LogP contribution is 2.24. The summed E-state index contributed by atoms with van der Waals surface area (Å²) in [5, 5.41) is 0. The Morgan fingerprint density at radius 3 is 2.44 bits per heavy atom. The molecule has 0 atom stereocenters. The Kier molecular flexibility index (Phi) is 8.06. The van der Waals surface area contributed by atoms with Gasteiger partial charge in [0.1, 0.15) is 0 Å². The van der Waals surface area contributed by atoms with Crippen LogP contribution in [0, 0.1) is 0 Å². The summed E-state index contributed by atoms with van der Waals surface area (Å²) in [4.78, 5) is 11.2. The lowest BCUT2D eigenvalue weighted by Crippen LogP contribution is -2.13. The maximum atomic E-state index is 4.56. The number of hydrogen-bond donors (Lipinski definition) is 0. The van der Waals surface area contributed by atoms with Gasteiger partial charge in [-0.05, 0) is 57.9 Å². The van der Waals surface area contributed by atoms with Gasteiger partial charge in [-0.15, -0.1) is 0 Å². The van der Waals surface area contributed by atoms with Crippen molar-refractivity contribution in [3.05, 3.63) is 65.5 Å². The molecule has 1 aromatic rings. The van der Waals surface area contributed by atoms with E-state index in [1.54, 1.807) is 0 Å². The topological polar surface area (TPSA) is 28.5 Å². The maximum absolute atomic E-state index is 4.56. The van der Waals surface area contributed by atoms with Crippen molar-refractivity contribution in [1.82, 2.24) is 9.88 Å². The molecule has 0 saturated heterocycles. The predicted octanol–water partition coefficient (Wildman–Crippen LogP) is 5.39. The second kappa shape index (κ2) is 9.77. The van der Waals surface area contributed by atoms with E-state index in [4.69, 9.17) is 0 Å². The first kappa shape index (κ1) is 20.6. The van der Waals surface area contributed by atoms with Gasteiger partial charge < -0.3 is 4.90 Å². The maximum Gasteiger partial charge on any atom is 0.0937 e. The lowest BCUT2D eigenvalue weighted by atomic mass is 10.1. The largest absolute Gasteiger partial charge is 0.376 e. The number of hydrogen-bond acceptors (Lipinski definition) is 3. The van der Waals surface area contributed by atoms with E-state index in [1.165, 1.54) is 5.57 Å². The fraction of sp³-hybridized carbons (Fsp3) is 0.364. The summed E-state index contributed by atoms with van der Waals surface area (Å²) >= 11 is 0. The second-order valence-electron chi connectivity index (χ2n) is 6.66. The summed E-state index contributed by atoms with van der Waals surface area (Å²) in [6.07, 6.45) is 10.0. The van der Waals surface area contributed by atoms with Crippen LogP contribution in [-0.4, -0.2) is 35.7 Å². The van der Waals surface area contributed by atoms with E-state index in [1.807, 2.05) is 45.4 Å². The molecule has 0 bridgehead atoms. The van der Waals surface area contributed by atoms with Crippen LogP contribution in [0.1, 0.15) is 45.9 Å². The van der Waals surface area contributed by atoms with Gasteiger partial charge in [-0.1, -0.05) is 30.9 Å². The summed E-state index contributed by atoms with van der Waals surface area (Å²) < 4.78 is 0. The first-order valence-corrected chi connectivity index (χ1v) is 8.63. The highest BCUT2D eigenvalue weighted by Gasteiger charge is 2.11. The highest BCUT2D eigenvalue weighted by atomic mass is 15.1. The summed E-state index contributed by atoms with van der Waals surface area (Å²) in [5.41, 5.74) is 6.44. The van der Waals surface area contributed by atoms with Crippen molar-refractivity contribution >= 4 is 17.5 Å². The van der Waals surface area contributed by atoms with E-state index in [0.29, 0.717) is 6.04 Å². The van der Waals surface area contributed by atoms with Crippen LogP contribution in [0.25, 0.3) is 11.8 Å². The molecule has 0 N–H and O–H groups in total. The summed E-state index contributed by atoms with van der Waals surface area (Å²) in [6.45, 7) is 14.3. The molecule has 25 heavy (non-hydrogen) atoms. The van der Waals surface area contributed by atoms with Gasteiger partial charge in [0.15, 0.2) is 0 Å². The quantitative estimate of drug-likeness (QED) is 0.493. The first-order valence-electron chi connectivity index (χ1n) is 8.63. The fourth-order valence-electron chi connectivity index (χ4n) is 2.69. The van der Waals surface area contributed by atoms with E-state index in [2.05, 4.69) is 67.4 Å². The second-order valence-corrected chi connectivity index (χ2v) is 6.66. The van der Waals surface area contributed by atoms with Crippen molar-refractivity contribution in [1.29, 1.82) is 0 Å². The minimum absolute atomic E-state index is 0.316. The minimum Gasteiger partial charge on any atom is -0.376 e. The molecule has 0 saturated carbocycles. The Bertz CT molecular complexity index is 717. The van der Waals surface area contributed by atoms with Crippen molar-refractivity contribution < 1.29 is 0 Å². The predicted molar refractivity (Wildman–Crippen MR) is 112 cm³/mol. The van der Waals surface area contributed by atoms with Crippen molar-refractivity contribution in [2.75, 3.05) is 14.1 Å². The molecule has 0 aliphatic heterocycles. The Morgan fingerprint density at radius 2 is 1.88 bits per heavy atom. The molecule has 1 aromatic heterocycles. The van der Waals surface area contributed by atoms with Gasteiger partial charge in [0.05, 0.1) is 11.4 Å². The SMILES string of the molecule is C=Cc1cccnc1\C(=C(C)/C=C\C(C)=C\C(C)=N/C(C)C)N(C)C. The van der Waals surface area contributed by atoms with Gasteiger partial charge in [0.2, 0.25) is 0 Å². The van der Waals surface area contributed by atoms with Crippen LogP contribution in [0.15, 0.2) is 59.3 Å². The van der Waals surface area contributed by atoms with Crippen molar-refractivity contribution in [3.63, 3.8) is 0 Å². The van der Waals surface area contributed by atoms with Gasteiger partial charge in [0.25, 0.3) is 0 Å². The Morgan fingerprint density at radius 1 is 1.20 bits per heavy atom. The van der Waals surface area contributed by atoms with Crippen molar-refractivity contribution in [3.8, 4) is 0 Å². The zero-order valence-electron chi connectivity index (χ0n) is 16.7. The number of aromatic nitrogens is 1. The fourth-order valence-corrected chi connectivity index (χ4v) is 2.69. The molecule has 1 heterocycles. The van der Waals surface area contributed by atoms with E-state index in [9.17, 15) is 0 Å². The van der Waals surface area contributed by atoms with E-state index in [0.717, 1.165) is 28.2 Å². The third kappa shape index (κ3) is 6.54. The van der Waals surface area contributed by atoms with Gasteiger partial charge in [0, 0.05) is 37.6 Å². The molecule has 0 amide bonds. The molecule has 0 aromatic carbocycles. The third-order valence-electron chi connectivity index (χ3n) is 3.60. The van der Waals surface area contributed by atoms with Crippen LogP contribution in [0.2, 0.25) is 0 Å². The molecule has 0 fully saturated rings. The molecule has 3 nitrogen and oxygen atoms in total. The molecule has 0 radical (unpaired) electrons. The van der Waals surface area contributed by atoms with Gasteiger partial charge >= 0.3 is 0 Å². The molecular weight excluding hydrogens is 306 g/mol. The van der Waals surface area contributed by atoms with Gasteiger partial charge in [-0.25, -0.2) is 0 Å². The molecular formula is C22H31N3. The standard InChI is InChI=1S/C22H31N3/c1-9-20-11-10-14-23-21(20)22(25(7)8)18(5)13-12-17(4)15-19(6)24-16(2)3/h9-16H,1H2,2-8H3/b13-12-,17-15+,22-18+,24-19-. The van der Waals surface area contributed by atoms with Crippen LogP contribution >= 0.6 is 0 Å². The lowest BCUT2D eigenvalue weighted by molar-refractivity contribution is 0.585. The molecule has 0 spiro atoms. The van der Waals surface area contributed by atoms with Crippen LogP contribution in [0.3, 0.4) is 0 Å². The van der Waals surface area contributed by atoms with Crippen molar-refractivity contribution in [2.24, 2.45) is 4.99 Å². The third-order valence-corrected chi connectivity index (χ3v) is 3.60. The van der Waals surface area contributed by atoms with E-state index < -0.39 is 0 Å². The number of aliphatic imine (C=N–C) groups is 1. The number of nitrogens with zero attached hydrogens (tertiary/aromatic N) is 3. The van der Waals surface area contributed by atoms with Crippen LogP contribution in [-0.2, 0) is 0 Å². The number of rotatable bonds is 7. The summed E-state index contributed by atoms with van der Waals surface area (Å²) in [5.74, 6) is 0. The van der Waals surface area contributed by atoms with Gasteiger partial charge in [-0.2, -0.15) is 0 Å². The molecule has 1 rings (SSSR count). The Balaban J connectivity index is 3.23. The van der Waals surface area contributed by atoms with Crippen LogP contribution in [0.4, 0.5) is 0 Å². The molecule has 0 unspecified atom stereocenters. The summed E-state index contributed by atoms with van der Waals surface area (Å²) in [6, 6.07) is 4.28. The molecule has 134 valence electrons. The Hall–Kier alpha value is -2.42. The van der Waals surface area contributed by atoms with E-state index in [-0.39, 0.29) is 0 Å². The molecule has 0 aliphatic rings. The zero-order chi connectivity index (χ0) is 19.0. The number of pyridine rings is 1. The van der Waals surface area contributed by atoms with Gasteiger partial charge in [-0.3, -0.25) is 9.98 Å². The minimum atomic E-state index is 0.316. The number of allylic oxidation sites excluding steroid dienone is 5.